The molecule has 1 aromatic heterocycles. The Morgan fingerprint density at radius 1 is 0.957 bits per heavy atom. The first-order valence-electron chi connectivity index (χ1n) is 7.03. The molecule has 0 aliphatic heterocycles. The number of nitrogens with one attached hydrogen (secondary N) is 2. The number of anilines is 3. The Hall–Kier alpha value is -2.30. The van der Waals surface area contributed by atoms with E-state index in [1.165, 1.54) is 0 Å². The Labute approximate surface area is 144 Å². The van der Waals surface area contributed by atoms with Gasteiger partial charge in [0.25, 0.3) is 0 Å². The molecule has 3 rings (SSSR count). The molecule has 3 aromatic rings. The van der Waals surface area contributed by atoms with Gasteiger partial charge in [-0.3, -0.25) is 0 Å². The van der Waals surface area contributed by atoms with Crippen LogP contribution in [-0.4, -0.2) is 9.97 Å². The number of hydrogen-bond acceptors (Lipinski definition) is 4. The lowest BCUT2D eigenvalue weighted by Crippen LogP contribution is -2.04. The number of benzene rings is 2. The van der Waals surface area contributed by atoms with Gasteiger partial charge < -0.3 is 10.6 Å². The molecule has 0 fully saturated rings. The van der Waals surface area contributed by atoms with Crippen LogP contribution in [0.1, 0.15) is 5.56 Å². The Morgan fingerprint density at radius 2 is 1.83 bits per heavy atom. The lowest BCUT2D eigenvalue weighted by atomic mass is 10.2. The molecule has 0 bridgehead atoms. The minimum absolute atomic E-state index is 0.497. The van der Waals surface area contributed by atoms with Crippen LogP contribution in [0.5, 0.6) is 0 Å². The molecule has 0 atom stereocenters. The molecular formula is C17H14Cl2N4. The molecule has 0 saturated carbocycles. The molecule has 0 spiro atoms. The second-order valence-electron chi connectivity index (χ2n) is 4.85. The van der Waals surface area contributed by atoms with Gasteiger partial charge in [-0.2, -0.15) is 4.98 Å². The average molecular weight is 345 g/mol. The third-order valence-electron chi connectivity index (χ3n) is 3.15. The van der Waals surface area contributed by atoms with Crippen molar-refractivity contribution in [3.8, 4) is 0 Å². The standard InChI is InChI=1S/C17H14Cl2N4/c18-13-5-3-6-14(10-13)22-17-20-9-8-16(23-17)21-11-12-4-1-2-7-15(12)19/h1-10H,11H2,(H2,20,21,22,23). The highest BCUT2D eigenvalue weighted by atomic mass is 35.5. The van der Waals surface area contributed by atoms with Crippen LogP contribution in [0.4, 0.5) is 17.5 Å². The van der Waals surface area contributed by atoms with Crippen LogP contribution in [0, 0.1) is 0 Å². The summed E-state index contributed by atoms with van der Waals surface area (Å²) >= 11 is 12.1. The van der Waals surface area contributed by atoms with Crippen LogP contribution >= 0.6 is 23.2 Å². The summed E-state index contributed by atoms with van der Waals surface area (Å²) in [4.78, 5) is 8.63. The summed E-state index contributed by atoms with van der Waals surface area (Å²) in [7, 11) is 0. The second kappa shape index (κ2) is 7.31. The summed E-state index contributed by atoms with van der Waals surface area (Å²) in [5, 5.41) is 7.74. The van der Waals surface area contributed by atoms with Crippen molar-refractivity contribution in [2.45, 2.75) is 6.54 Å². The van der Waals surface area contributed by atoms with Gasteiger partial charge in [0.2, 0.25) is 5.95 Å². The van der Waals surface area contributed by atoms with E-state index in [0.717, 1.165) is 16.3 Å². The zero-order valence-electron chi connectivity index (χ0n) is 12.1. The zero-order chi connectivity index (χ0) is 16.1. The quantitative estimate of drug-likeness (QED) is 0.672. The normalized spacial score (nSPS) is 10.3. The molecular weight excluding hydrogens is 331 g/mol. The van der Waals surface area contributed by atoms with Gasteiger partial charge in [0.1, 0.15) is 5.82 Å². The molecule has 0 amide bonds. The number of hydrogen-bond donors (Lipinski definition) is 2. The fourth-order valence-corrected chi connectivity index (χ4v) is 2.43. The number of halogens is 2. The monoisotopic (exact) mass is 344 g/mol. The lowest BCUT2D eigenvalue weighted by molar-refractivity contribution is 1.08. The molecule has 0 aliphatic carbocycles. The maximum absolute atomic E-state index is 6.15. The summed E-state index contributed by atoms with van der Waals surface area (Å²) in [6.07, 6.45) is 1.69. The highest BCUT2D eigenvalue weighted by Crippen LogP contribution is 2.19. The van der Waals surface area contributed by atoms with Crippen molar-refractivity contribution >= 4 is 40.7 Å². The molecule has 2 N–H and O–H groups in total. The van der Waals surface area contributed by atoms with E-state index >= 15 is 0 Å². The molecule has 2 aromatic carbocycles. The van der Waals surface area contributed by atoms with Gasteiger partial charge in [-0.1, -0.05) is 47.5 Å². The maximum atomic E-state index is 6.15. The Balaban J connectivity index is 1.69. The smallest absolute Gasteiger partial charge is 0.229 e. The summed E-state index contributed by atoms with van der Waals surface area (Å²) in [5.41, 5.74) is 1.85. The highest BCUT2D eigenvalue weighted by Gasteiger charge is 2.02. The Kier molecular flexibility index (Phi) is 4.95. The molecule has 1 heterocycles. The second-order valence-corrected chi connectivity index (χ2v) is 5.69. The fourth-order valence-electron chi connectivity index (χ4n) is 2.04. The molecule has 0 aliphatic rings. The first-order valence-corrected chi connectivity index (χ1v) is 7.79. The molecule has 0 saturated heterocycles. The predicted octanol–water partition coefficient (Wildman–Crippen LogP) is 5.14. The largest absolute Gasteiger partial charge is 0.366 e. The Morgan fingerprint density at radius 3 is 2.65 bits per heavy atom. The van der Waals surface area contributed by atoms with Crippen LogP contribution in [0.15, 0.2) is 60.8 Å². The van der Waals surface area contributed by atoms with Gasteiger partial charge in [-0.15, -0.1) is 0 Å². The molecule has 4 nitrogen and oxygen atoms in total. The zero-order valence-corrected chi connectivity index (χ0v) is 13.6. The van der Waals surface area contributed by atoms with E-state index in [2.05, 4.69) is 20.6 Å². The van der Waals surface area contributed by atoms with Gasteiger partial charge in [0.05, 0.1) is 0 Å². The fraction of sp³-hybridized carbons (Fsp3) is 0.0588. The summed E-state index contributed by atoms with van der Waals surface area (Å²) in [6, 6.07) is 16.9. The van der Waals surface area contributed by atoms with Crippen molar-refractivity contribution in [2.75, 3.05) is 10.6 Å². The number of rotatable bonds is 5. The van der Waals surface area contributed by atoms with Gasteiger partial charge >= 0.3 is 0 Å². The van der Waals surface area contributed by atoms with Crippen LogP contribution in [0.25, 0.3) is 0 Å². The molecule has 0 radical (unpaired) electrons. The first kappa shape index (κ1) is 15.6. The summed E-state index contributed by atoms with van der Waals surface area (Å²) < 4.78 is 0. The van der Waals surface area contributed by atoms with Crippen LogP contribution < -0.4 is 10.6 Å². The SMILES string of the molecule is Clc1cccc(Nc2nccc(NCc3ccccc3Cl)n2)c1. The molecule has 0 unspecified atom stereocenters. The minimum Gasteiger partial charge on any atom is -0.366 e. The van der Waals surface area contributed by atoms with Gasteiger partial charge in [-0.05, 0) is 35.9 Å². The van der Waals surface area contributed by atoms with Crippen LogP contribution in [-0.2, 0) is 6.54 Å². The minimum atomic E-state index is 0.497. The van der Waals surface area contributed by atoms with E-state index in [4.69, 9.17) is 23.2 Å². The van der Waals surface area contributed by atoms with Crippen molar-refractivity contribution in [3.05, 3.63) is 76.4 Å². The highest BCUT2D eigenvalue weighted by molar-refractivity contribution is 6.31. The van der Waals surface area contributed by atoms with E-state index in [-0.39, 0.29) is 0 Å². The first-order chi connectivity index (χ1) is 11.2. The Bertz CT molecular complexity index is 808. The third kappa shape index (κ3) is 4.34. The summed E-state index contributed by atoms with van der Waals surface area (Å²) in [5.74, 6) is 1.21. The van der Waals surface area contributed by atoms with Gasteiger partial charge in [0.15, 0.2) is 0 Å². The van der Waals surface area contributed by atoms with Crippen LogP contribution in [0.2, 0.25) is 10.0 Å². The topological polar surface area (TPSA) is 49.8 Å². The van der Waals surface area contributed by atoms with E-state index in [1.54, 1.807) is 12.3 Å². The van der Waals surface area contributed by atoms with E-state index in [0.29, 0.717) is 23.3 Å². The van der Waals surface area contributed by atoms with Crippen LogP contribution in [0.3, 0.4) is 0 Å². The molecule has 6 heteroatoms. The van der Waals surface area contributed by atoms with E-state index in [9.17, 15) is 0 Å². The lowest BCUT2D eigenvalue weighted by Gasteiger charge is -2.09. The van der Waals surface area contributed by atoms with Gasteiger partial charge in [-0.25, -0.2) is 4.98 Å². The van der Waals surface area contributed by atoms with E-state index < -0.39 is 0 Å². The van der Waals surface area contributed by atoms with E-state index in [1.807, 2.05) is 48.5 Å². The number of nitrogens with zero attached hydrogens (tertiary/aromatic N) is 2. The average Bonchev–Trinajstić information content (AvgIpc) is 2.54. The third-order valence-corrected chi connectivity index (χ3v) is 3.76. The van der Waals surface area contributed by atoms with Crippen molar-refractivity contribution in [1.82, 2.24) is 9.97 Å². The van der Waals surface area contributed by atoms with Crippen molar-refractivity contribution in [1.29, 1.82) is 0 Å². The summed E-state index contributed by atoms with van der Waals surface area (Å²) in [6.45, 7) is 0.591. The van der Waals surface area contributed by atoms with Crippen molar-refractivity contribution in [2.24, 2.45) is 0 Å². The van der Waals surface area contributed by atoms with Crippen molar-refractivity contribution < 1.29 is 0 Å². The number of aromatic nitrogens is 2. The predicted molar refractivity (Wildman–Crippen MR) is 95.5 cm³/mol. The van der Waals surface area contributed by atoms with Crippen molar-refractivity contribution in [3.63, 3.8) is 0 Å². The maximum Gasteiger partial charge on any atom is 0.229 e. The van der Waals surface area contributed by atoms with Gasteiger partial charge in [0, 0.05) is 28.5 Å². The molecule has 23 heavy (non-hydrogen) atoms. The molecule has 116 valence electrons.